The molecule has 1 fully saturated rings. The Bertz CT molecular complexity index is 264. The van der Waals surface area contributed by atoms with Crippen molar-refractivity contribution in [3.63, 3.8) is 0 Å². The minimum atomic E-state index is 0. The summed E-state index contributed by atoms with van der Waals surface area (Å²) < 4.78 is 0. The van der Waals surface area contributed by atoms with E-state index in [9.17, 15) is 4.79 Å². The number of halogens is 1. The van der Waals surface area contributed by atoms with Gasteiger partial charge < -0.3 is 10.2 Å². The summed E-state index contributed by atoms with van der Waals surface area (Å²) in [5.74, 6) is 0.320. The second-order valence-corrected chi connectivity index (χ2v) is 5.83. The van der Waals surface area contributed by atoms with E-state index in [4.69, 9.17) is 0 Å². The largest absolute Gasteiger partial charge is 0.342 e. The molecule has 0 bridgehead atoms. The molecule has 1 amide bonds. The maximum absolute atomic E-state index is 12.5. The number of hydrogen-bond donors (Lipinski definition) is 1. The van der Waals surface area contributed by atoms with Gasteiger partial charge in [-0.3, -0.25) is 9.69 Å². The quantitative estimate of drug-likeness (QED) is 0.709. The van der Waals surface area contributed by atoms with Crippen molar-refractivity contribution in [2.24, 2.45) is 0 Å². The van der Waals surface area contributed by atoms with Gasteiger partial charge in [0.2, 0.25) is 5.91 Å². The van der Waals surface area contributed by atoms with Gasteiger partial charge in [0.15, 0.2) is 0 Å². The number of amides is 1. The van der Waals surface area contributed by atoms with Crippen LogP contribution in [0.2, 0.25) is 0 Å². The fourth-order valence-corrected chi connectivity index (χ4v) is 3.02. The first-order valence-electron chi connectivity index (χ1n) is 8.45. The van der Waals surface area contributed by atoms with Gasteiger partial charge in [-0.2, -0.15) is 0 Å². The average molecular weight is 320 g/mol. The fourth-order valence-electron chi connectivity index (χ4n) is 3.02. The van der Waals surface area contributed by atoms with Gasteiger partial charge in [0.25, 0.3) is 0 Å². The molecule has 1 heterocycles. The summed E-state index contributed by atoms with van der Waals surface area (Å²) in [7, 11) is 0. The van der Waals surface area contributed by atoms with Crippen LogP contribution >= 0.6 is 12.4 Å². The van der Waals surface area contributed by atoms with Gasteiger partial charge in [0, 0.05) is 19.1 Å². The van der Waals surface area contributed by atoms with Crippen molar-refractivity contribution in [2.75, 3.05) is 39.3 Å². The number of carbonyl (C=O) groups is 1. The van der Waals surface area contributed by atoms with Crippen LogP contribution in [0.15, 0.2) is 0 Å². The zero-order valence-electron chi connectivity index (χ0n) is 14.1. The molecule has 1 N–H and O–H groups in total. The summed E-state index contributed by atoms with van der Waals surface area (Å²) in [6.07, 6.45) is 5.57. The Morgan fingerprint density at radius 1 is 1.00 bits per heavy atom. The molecular weight excluding hydrogens is 286 g/mol. The Hall–Kier alpha value is -0.320. The molecule has 1 aliphatic rings. The van der Waals surface area contributed by atoms with Gasteiger partial charge in [-0.05, 0) is 51.7 Å². The van der Waals surface area contributed by atoms with Crippen LogP contribution in [-0.2, 0) is 4.79 Å². The van der Waals surface area contributed by atoms with Crippen LogP contribution in [0, 0.1) is 0 Å². The Labute approximate surface area is 137 Å². The van der Waals surface area contributed by atoms with E-state index in [2.05, 4.69) is 31.0 Å². The molecule has 0 radical (unpaired) electrons. The highest BCUT2D eigenvalue weighted by molar-refractivity contribution is 5.85. The summed E-state index contributed by atoms with van der Waals surface area (Å²) in [5.41, 5.74) is 0. The van der Waals surface area contributed by atoms with E-state index in [1.807, 2.05) is 4.90 Å². The first kappa shape index (κ1) is 20.7. The van der Waals surface area contributed by atoms with E-state index in [0.29, 0.717) is 18.5 Å². The van der Waals surface area contributed by atoms with Crippen LogP contribution in [0.3, 0.4) is 0 Å². The lowest BCUT2D eigenvalue weighted by Gasteiger charge is -2.35. The number of rotatable bonds is 9. The molecule has 4 nitrogen and oxygen atoms in total. The lowest BCUT2D eigenvalue weighted by atomic mass is 10.0. The molecule has 5 heteroatoms. The van der Waals surface area contributed by atoms with Crippen LogP contribution in [0.25, 0.3) is 0 Å². The van der Waals surface area contributed by atoms with E-state index < -0.39 is 0 Å². The van der Waals surface area contributed by atoms with Gasteiger partial charge in [-0.1, -0.05) is 20.8 Å². The summed E-state index contributed by atoms with van der Waals surface area (Å²) in [4.78, 5) is 17.0. The summed E-state index contributed by atoms with van der Waals surface area (Å²) in [6, 6.07) is 0.588. The molecule has 21 heavy (non-hydrogen) atoms. The lowest BCUT2D eigenvalue weighted by Crippen LogP contribution is -2.48. The zero-order chi connectivity index (χ0) is 14.8. The molecule has 1 saturated heterocycles. The Balaban J connectivity index is 0.00000400. The van der Waals surface area contributed by atoms with Crippen LogP contribution in [-0.4, -0.2) is 61.0 Å². The minimum absolute atomic E-state index is 0. The van der Waals surface area contributed by atoms with Gasteiger partial charge in [0.05, 0.1) is 6.54 Å². The maximum atomic E-state index is 12.5. The number of hydrogen-bond acceptors (Lipinski definition) is 3. The first-order valence-corrected chi connectivity index (χ1v) is 8.45. The lowest BCUT2D eigenvalue weighted by molar-refractivity contribution is -0.133. The number of piperidine rings is 1. The maximum Gasteiger partial charge on any atom is 0.236 e. The third-order valence-corrected chi connectivity index (χ3v) is 4.01. The van der Waals surface area contributed by atoms with E-state index in [-0.39, 0.29) is 12.4 Å². The van der Waals surface area contributed by atoms with Crippen LogP contribution in [0.4, 0.5) is 0 Å². The van der Waals surface area contributed by atoms with Crippen molar-refractivity contribution < 1.29 is 4.79 Å². The molecule has 0 aliphatic carbocycles. The molecule has 1 rings (SSSR count). The van der Waals surface area contributed by atoms with Crippen LogP contribution < -0.4 is 5.32 Å². The van der Waals surface area contributed by atoms with E-state index in [1.165, 1.54) is 12.8 Å². The molecule has 0 atom stereocenters. The second-order valence-electron chi connectivity index (χ2n) is 5.83. The molecule has 0 aromatic rings. The van der Waals surface area contributed by atoms with Crippen LogP contribution in [0.5, 0.6) is 0 Å². The fraction of sp³-hybridized carbons (Fsp3) is 0.938. The number of nitrogens with one attached hydrogen (secondary N) is 1. The van der Waals surface area contributed by atoms with E-state index in [0.717, 1.165) is 52.0 Å². The molecular formula is C16H34ClN3O. The smallest absolute Gasteiger partial charge is 0.236 e. The van der Waals surface area contributed by atoms with Gasteiger partial charge >= 0.3 is 0 Å². The standard InChI is InChI=1S/C16H33N3O.ClH/c1-4-11-18(12-5-2)16(20)14-19(13-6-3)15-7-9-17-10-8-15;/h15,17H,4-14H2,1-3H3;1H. The number of nitrogens with zero attached hydrogens (tertiary/aromatic N) is 2. The Morgan fingerprint density at radius 2 is 1.52 bits per heavy atom. The topological polar surface area (TPSA) is 35.6 Å². The monoisotopic (exact) mass is 319 g/mol. The third-order valence-electron chi connectivity index (χ3n) is 4.01. The number of carbonyl (C=O) groups excluding carboxylic acids is 1. The molecule has 0 saturated carbocycles. The van der Waals surface area contributed by atoms with Gasteiger partial charge in [-0.25, -0.2) is 0 Å². The van der Waals surface area contributed by atoms with E-state index in [1.54, 1.807) is 0 Å². The molecule has 126 valence electrons. The molecule has 0 aromatic carbocycles. The van der Waals surface area contributed by atoms with Crippen LogP contribution in [0.1, 0.15) is 52.9 Å². The molecule has 0 aromatic heterocycles. The summed E-state index contributed by atoms with van der Waals surface area (Å²) in [5, 5.41) is 3.41. The third kappa shape index (κ3) is 7.48. The van der Waals surface area contributed by atoms with Crippen molar-refractivity contribution in [1.29, 1.82) is 0 Å². The van der Waals surface area contributed by atoms with Crippen molar-refractivity contribution in [3.05, 3.63) is 0 Å². The van der Waals surface area contributed by atoms with Gasteiger partial charge in [-0.15, -0.1) is 12.4 Å². The second kappa shape index (κ2) is 12.2. The normalized spacial score (nSPS) is 15.8. The molecule has 0 spiro atoms. The predicted octanol–water partition coefficient (Wildman–Crippen LogP) is 2.52. The van der Waals surface area contributed by atoms with Gasteiger partial charge in [0.1, 0.15) is 0 Å². The van der Waals surface area contributed by atoms with Crippen molar-refractivity contribution >= 4 is 18.3 Å². The predicted molar refractivity (Wildman–Crippen MR) is 92.2 cm³/mol. The Morgan fingerprint density at radius 3 is 2.00 bits per heavy atom. The highest BCUT2D eigenvalue weighted by atomic mass is 35.5. The molecule has 1 aliphatic heterocycles. The highest BCUT2D eigenvalue weighted by Gasteiger charge is 2.24. The van der Waals surface area contributed by atoms with Crippen molar-refractivity contribution in [3.8, 4) is 0 Å². The first-order chi connectivity index (χ1) is 9.72. The summed E-state index contributed by atoms with van der Waals surface area (Å²) in [6.45, 7) is 12.1. The minimum Gasteiger partial charge on any atom is -0.342 e. The SMILES string of the molecule is CCCN(CCC)C(=O)CN(CCC)C1CCNCC1.Cl. The highest BCUT2D eigenvalue weighted by Crippen LogP contribution is 2.13. The Kier molecular flexibility index (Phi) is 12.1. The molecule has 0 unspecified atom stereocenters. The summed E-state index contributed by atoms with van der Waals surface area (Å²) >= 11 is 0. The van der Waals surface area contributed by atoms with Crippen molar-refractivity contribution in [2.45, 2.75) is 58.9 Å². The van der Waals surface area contributed by atoms with Crippen molar-refractivity contribution in [1.82, 2.24) is 15.1 Å². The zero-order valence-corrected chi connectivity index (χ0v) is 14.9. The average Bonchev–Trinajstić information content (AvgIpc) is 2.47. The van der Waals surface area contributed by atoms with E-state index >= 15 is 0 Å².